The monoisotopic (exact) mass is 343 g/mol. The summed E-state index contributed by atoms with van der Waals surface area (Å²) in [5.41, 5.74) is 1.18. The van der Waals surface area contributed by atoms with Crippen molar-refractivity contribution >= 4 is 40.0 Å². The van der Waals surface area contributed by atoms with Crippen molar-refractivity contribution in [2.45, 2.75) is 0 Å². The first kappa shape index (κ1) is 11.5. The Labute approximate surface area is 112 Å². The summed E-state index contributed by atoms with van der Waals surface area (Å²) in [6.07, 6.45) is 3.19. The van der Waals surface area contributed by atoms with E-state index in [4.69, 9.17) is 11.6 Å². The number of nitrogens with zero attached hydrogens (tertiary/aromatic N) is 1. The molecule has 0 aliphatic carbocycles. The Morgan fingerprint density at radius 3 is 2.81 bits per heavy atom. The maximum Gasteiger partial charge on any atom is 0.195 e. The summed E-state index contributed by atoms with van der Waals surface area (Å²) in [5.74, 6) is -0.0556. The molecule has 16 heavy (non-hydrogen) atoms. The molecule has 4 heteroatoms. The van der Waals surface area contributed by atoms with Crippen LogP contribution in [0.4, 0.5) is 0 Å². The second-order valence-corrected chi connectivity index (χ2v) is 4.79. The molecular formula is C12H7ClINO. The lowest BCUT2D eigenvalue weighted by Crippen LogP contribution is -2.03. The van der Waals surface area contributed by atoms with E-state index < -0.39 is 0 Å². The van der Waals surface area contributed by atoms with Crippen molar-refractivity contribution in [2.24, 2.45) is 0 Å². The third-order valence-corrected chi connectivity index (χ3v) is 3.27. The average molecular weight is 344 g/mol. The molecule has 2 rings (SSSR count). The molecule has 0 saturated carbocycles. The molecular weight excluding hydrogens is 336 g/mol. The molecule has 0 N–H and O–H groups in total. The number of rotatable bonds is 2. The number of benzene rings is 1. The highest BCUT2D eigenvalue weighted by Crippen LogP contribution is 2.20. The Bertz CT molecular complexity index is 528. The van der Waals surface area contributed by atoms with Crippen molar-refractivity contribution in [1.29, 1.82) is 0 Å². The van der Waals surface area contributed by atoms with Crippen LogP contribution in [-0.2, 0) is 0 Å². The van der Waals surface area contributed by atoms with Gasteiger partial charge in [-0.2, -0.15) is 0 Å². The number of pyridine rings is 1. The molecule has 0 radical (unpaired) electrons. The Morgan fingerprint density at radius 2 is 2.12 bits per heavy atom. The first-order chi connectivity index (χ1) is 7.68. The lowest BCUT2D eigenvalue weighted by atomic mass is 10.1. The molecule has 0 atom stereocenters. The highest BCUT2D eigenvalue weighted by atomic mass is 127. The molecule has 0 fully saturated rings. The van der Waals surface area contributed by atoms with Crippen LogP contribution >= 0.6 is 34.2 Å². The Kier molecular flexibility index (Phi) is 3.56. The molecule has 0 spiro atoms. The van der Waals surface area contributed by atoms with Gasteiger partial charge in [0.2, 0.25) is 0 Å². The minimum absolute atomic E-state index is 0.0556. The molecule has 1 heterocycles. The lowest BCUT2D eigenvalue weighted by Gasteiger charge is -2.03. The minimum Gasteiger partial charge on any atom is -0.289 e. The van der Waals surface area contributed by atoms with Crippen LogP contribution in [0, 0.1) is 3.57 Å². The fraction of sp³-hybridized carbons (Fsp3) is 0. The number of halogens is 2. The standard InChI is InChI=1S/C12H7ClINO/c13-9-3-4-11(14)10(6-9)12(16)8-2-1-5-15-7-8/h1-7H. The van der Waals surface area contributed by atoms with E-state index in [0.717, 1.165) is 3.57 Å². The molecule has 2 nitrogen and oxygen atoms in total. The fourth-order valence-electron chi connectivity index (χ4n) is 1.32. The van der Waals surface area contributed by atoms with E-state index in [1.807, 2.05) is 6.07 Å². The summed E-state index contributed by atoms with van der Waals surface area (Å²) in [6.45, 7) is 0. The minimum atomic E-state index is -0.0556. The summed E-state index contributed by atoms with van der Waals surface area (Å²) < 4.78 is 0.885. The maximum atomic E-state index is 12.1. The van der Waals surface area contributed by atoms with Crippen molar-refractivity contribution in [3.8, 4) is 0 Å². The summed E-state index contributed by atoms with van der Waals surface area (Å²) in [4.78, 5) is 16.0. The van der Waals surface area contributed by atoms with Gasteiger partial charge in [-0.25, -0.2) is 0 Å². The number of carbonyl (C=O) groups excluding carboxylic acids is 1. The third-order valence-electron chi connectivity index (χ3n) is 2.10. The molecule has 0 unspecified atom stereocenters. The number of hydrogen-bond donors (Lipinski definition) is 0. The van der Waals surface area contributed by atoms with Gasteiger partial charge in [-0.3, -0.25) is 9.78 Å². The smallest absolute Gasteiger partial charge is 0.195 e. The Hall–Kier alpha value is -0.940. The molecule has 1 aromatic carbocycles. The third kappa shape index (κ3) is 2.41. The van der Waals surface area contributed by atoms with Crippen LogP contribution in [0.5, 0.6) is 0 Å². The van der Waals surface area contributed by atoms with Gasteiger partial charge in [-0.1, -0.05) is 11.6 Å². The first-order valence-corrected chi connectivity index (χ1v) is 6.04. The number of ketones is 1. The van der Waals surface area contributed by atoms with E-state index >= 15 is 0 Å². The molecule has 0 aliphatic rings. The predicted molar refractivity (Wildman–Crippen MR) is 71.8 cm³/mol. The number of hydrogen-bond acceptors (Lipinski definition) is 2. The molecule has 2 aromatic rings. The van der Waals surface area contributed by atoms with Crippen LogP contribution in [0.3, 0.4) is 0 Å². The Balaban J connectivity index is 2.46. The van der Waals surface area contributed by atoms with Gasteiger partial charge >= 0.3 is 0 Å². The summed E-state index contributed by atoms with van der Waals surface area (Å²) in [7, 11) is 0. The van der Waals surface area contributed by atoms with E-state index in [9.17, 15) is 4.79 Å². The average Bonchev–Trinajstić information content (AvgIpc) is 2.32. The second-order valence-electron chi connectivity index (χ2n) is 3.19. The van der Waals surface area contributed by atoms with E-state index in [-0.39, 0.29) is 5.78 Å². The van der Waals surface area contributed by atoms with Crippen molar-refractivity contribution in [3.05, 3.63) is 62.4 Å². The van der Waals surface area contributed by atoms with Gasteiger partial charge in [0.25, 0.3) is 0 Å². The molecule has 0 amide bonds. The van der Waals surface area contributed by atoms with Crippen LogP contribution < -0.4 is 0 Å². The van der Waals surface area contributed by atoms with E-state index in [2.05, 4.69) is 27.6 Å². The van der Waals surface area contributed by atoms with Crippen LogP contribution in [0.2, 0.25) is 5.02 Å². The molecule has 1 aromatic heterocycles. The predicted octanol–water partition coefficient (Wildman–Crippen LogP) is 3.57. The quantitative estimate of drug-likeness (QED) is 0.616. The van der Waals surface area contributed by atoms with Gasteiger partial charge in [0.1, 0.15) is 0 Å². The maximum absolute atomic E-state index is 12.1. The second kappa shape index (κ2) is 4.93. The lowest BCUT2D eigenvalue weighted by molar-refractivity contribution is 0.103. The van der Waals surface area contributed by atoms with Crippen molar-refractivity contribution in [1.82, 2.24) is 4.98 Å². The van der Waals surface area contributed by atoms with Crippen LogP contribution in [0.25, 0.3) is 0 Å². The molecule has 0 bridgehead atoms. The van der Waals surface area contributed by atoms with Crippen molar-refractivity contribution in [2.75, 3.05) is 0 Å². The molecule has 0 aliphatic heterocycles. The number of aromatic nitrogens is 1. The topological polar surface area (TPSA) is 30.0 Å². The highest BCUT2D eigenvalue weighted by molar-refractivity contribution is 14.1. The zero-order valence-corrected chi connectivity index (χ0v) is 11.1. The SMILES string of the molecule is O=C(c1cccnc1)c1cc(Cl)ccc1I. The van der Waals surface area contributed by atoms with E-state index in [1.54, 1.807) is 36.7 Å². The fourth-order valence-corrected chi connectivity index (χ4v) is 2.08. The van der Waals surface area contributed by atoms with Crippen molar-refractivity contribution < 1.29 is 4.79 Å². The van der Waals surface area contributed by atoms with Gasteiger partial charge in [-0.05, 0) is 52.9 Å². The van der Waals surface area contributed by atoms with Gasteiger partial charge in [0, 0.05) is 32.1 Å². The van der Waals surface area contributed by atoms with E-state index in [1.165, 1.54) is 0 Å². The van der Waals surface area contributed by atoms with Gasteiger partial charge in [0.15, 0.2) is 5.78 Å². The van der Waals surface area contributed by atoms with Crippen molar-refractivity contribution in [3.63, 3.8) is 0 Å². The highest BCUT2D eigenvalue weighted by Gasteiger charge is 2.12. The van der Waals surface area contributed by atoms with Gasteiger partial charge < -0.3 is 0 Å². The summed E-state index contributed by atoms with van der Waals surface area (Å²) in [5, 5.41) is 0.563. The van der Waals surface area contributed by atoms with Gasteiger partial charge in [0.05, 0.1) is 0 Å². The molecule has 80 valence electrons. The van der Waals surface area contributed by atoms with Crippen LogP contribution in [0.15, 0.2) is 42.7 Å². The van der Waals surface area contributed by atoms with Crippen LogP contribution in [-0.4, -0.2) is 10.8 Å². The normalized spacial score (nSPS) is 10.1. The zero-order chi connectivity index (χ0) is 11.5. The van der Waals surface area contributed by atoms with Gasteiger partial charge in [-0.15, -0.1) is 0 Å². The Morgan fingerprint density at radius 1 is 1.31 bits per heavy atom. The van der Waals surface area contributed by atoms with E-state index in [0.29, 0.717) is 16.1 Å². The molecule has 0 saturated heterocycles. The zero-order valence-electron chi connectivity index (χ0n) is 8.15. The largest absolute Gasteiger partial charge is 0.289 e. The summed E-state index contributed by atoms with van der Waals surface area (Å²) >= 11 is 8.00. The first-order valence-electron chi connectivity index (χ1n) is 4.58. The number of carbonyl (C=O) groups is 1. The van der Waals surface area contributed by atoms with Crippen LogP contribution in [0.1, 0.15) is 15.9 Å². The summed E-state index contributed by atoms with van der Waals surface area (Å²) in [6, 6.07) is 8.76.